The fourth-order valence-electron chi connectivity index (χ4n) is 2.67. The van der Waals surface area contributed by atoms with Gasteiger partial charge in [-0.15, -0.1) is 0 Å². The first kappa shape index (κ1) is 14.5. The maximum atomic E-state index is 4.27. The molecule has 0 aliphatic heterocycles. The Morgan fingerprint density at radius 1 is 1.29 bits per heavy atom. The number of aliphatic imine (C=N–C) groups is 1. The lowest BCUT2D eigenvalue weighted by Crippen LogP contribution is -2.06. The van der Waals surface area contributed by atoms with Crippen molar-refractivity contribution in [2.75, 3.05) is 6.54 Å². The van der Waals surface area contributed by atoms with Crippen molar-refractivity contribution in [3.05, 3.63) is 12.2 Å². The van der Waals surface area contributed by atoms with Gasteiger partial charge in [0.1, 0.15) is 0 Å². The third-order valence-corrected chi connectivity index (χ3v) is 3.95. The smallest absolute Gasteiger partial charge is 0.0385 e. The molecule has 1 nitrogen and oxygen atoms in total. The standard InChI is InChI=1S/C16H29N/c1-4-17-13-6-5-8-15-9-7-10-16(12-11-15)14(2)3/h4,7,10,14-16H,5-6,8-9,11-13H2,1-3H3/t15-,16+/m1/s1. The molecule has 17 heavy (non-hydrogen) atoms. The van der Waals surface area contributed by atoms with Crippen molar-refractivity contribution in [1.82, 2.24) is 0 Å². The van der Waals surface area contributed by atoms with E-state index in [1.807, 2.05) is 13.1 Å². The van der Waals surface area contributed by atoms with E-state index in [4.69, 9.17) is 0 Å². The van der Waals surface area contributed by atoms with Gasteiger partial charge in [-0.2, -0.15) is 0 Å². The van der Waals surface area contributed by atoms with Crippen LogP contribution in [0.25, 0.3) is 0 Å². The zero-order valence-corrected chi connectivity index (χ0v) is 11.9. The van der Waals surface area contributed by atoms with Gasteiger partial charge in [-0.05, 0) is 56.6 Å². The normalized spacial score (nSPS) is 25.6. The van der Waals surface area contributed by atoms with Gasteiger partial charge in [-0.1, -0.05) is 38.8 Å². The Balaban J connectivity index is 2.17. The monoisotopic (exact) mass is 235 g/mol. The number of rotatable bonds is 6. The van der Waals surface area contributed by atoms with Crippen molar-refractivity contribution < 1.29 is 0 Å². The predicted octanol–water partition coefficient (Wildman–Crippen LogP) is 4.88. The second-order valence-electron chi connectivity index (χ2n) is 5.68. The molecule has 0 aromatic heterocycles. The summed E-state index contributed by atoms with van der Waals surface area (Å²) in [5.41, 5.74) is 0. The minimum Gasteiger partial charge on any atom is -0.298 e. The van der Waals surface area contributed by atoms with E-state index in [1.54, 1.807) is 0 Å². The Morgan fingerprint density at radius 3 is 2.82 bits per heavy atom. The summed E-state index contributed by atoms with van der Waals surface area (Å²) in [5.74, 6) is 2.56. The van der Waals surface area contributed by atoms with Gasteiger partial charge in [0, 0.05) is 6.54 Å². The van der Waals surface area contributed by atoms with E-state index in [9.17, 15) is 0 Å². The van der Waals surface area contributed by atoms with Crippen LogP contribution < -0.4 is 0 Å². The molecule has 1 aliphatic carbocycles. The van der Waals surface area contributed by atoms with E-state index in [2.05, 4.69) is 31.0 Å². The second-order valence-corrected chi connectivity index (χ2v) is 5.68. The Kier molecular flexibility index (Phi) is 7.23. The van der Waals surface area contributed by atoms with Crippen LogP contribution in [-0.2, 0) is 0 Å². The van der Waals surface area contributed by atoms with Gasteiger partial charge in [-0.25, -0.2) is 0 Å². The van der Waals surface area contributed by atoms with E-state index in [0.717, 1.165) is 24.3 Å². The molecule has 0 aromatic carbocycles. The van der Waals surface area contributed by atoms with Crippen LogP contribution >= 0.6 is 0 Å². The van der Waals surface area contributed by atoms with Crippen molar-refractivity contribution in [3.8, 4) is 0 Å². The van der Waals surface area contributed by atoms with Crippen LogP contribution in [0.3, 0.4) is 0 Å². The van der Waals surface area contributed by atoms with E-state index < -0.39 is 0 Å². The molecule has 98 valence electrons. The summed E-state index contributed by atoms with van der Waals surface area (Å²) in [4.78, 5) is 4.27. The average Bonchev–Trinajstić information content (AvgIpc) is 2.54. The van der Waals surface area contributed by atoms with Gasteiger partial charge in [0.15, 0.2) is 0 Å². The summed E-state index contributed by atoms with van der Waals surface area (Å²) in [7, 11) is 0. The number of allylic oxidation sites excluding steroid dienone is 2. The molecule has 0 spiro atoms. The molecule has 0 heterocycles. The quantitative estimate of drug-likeness (QED) is 0.353. The largest absolute Gasteiger partial charge is 0.298 e. The SMILES string of the molecule is CC=NCCCC[C@@H]1CC=C[C@H](C(C)C)CC1. The van der Waals surface area contributed by atoms with E-state index in [-0.39, 0.29) is 0 Å². The number of nitrogens with zero attached hydrogens (tertiary/aromatic N) is 1. The van der Waals surface area contributed by atoms with Gasteiger partial charge in [-0.3, -0.25) is 4.99 Å². The van der Waals surface area contributed by atoms with Crippen LogP contribution in [0, 0.1) is 17.8 Å². The van der Waals surface area contributed by atoms with Gasteiger partial charge < -0.3 is 0 Å². The molecular weight excluding hydrogens is 206 g/mol. The van der Waals surface area contributed by atoms with Crippen molar-refractivity contribution >= 4 is 6.21 Å². The molecule has 0 bridgehead atoms. The highest BCUT2D eigenvalue weighted by molar-refractivity contribution is 5.53. The lowest BCUT2D eigenvalue weighted by atomic mass is 9.88. The molecule has 1 rings (SSSR count). The topological polar surface area (TPSA) is 12.4 Å². The fraction of sp³-hybridized carbons (Fsp3) is 0.812. The lowest BCUT2D eigenvalue weighted by molar-refractivity contribution is 0.368. The molecule has 1 heteroatoms. The van der Waals surface area contributed by atoms with Crippen LogP contribution in [-0.4, -0.2) is 12.8 Å². The third-order valence-electron chi connectivity index (χ3n) is 3.95. The molecule has 0 radical (unpaired) electrons. The van der Waals surface area contributed by atoms with Gasteiger partial charge in [0.2, 0.25) is 0 Å². The van der Waals surface area contributed by atoms with Crippen LogP contribution in [0.1, 0.15) is 59.3 Å². The van der Waals surface area contributed by atoms with Crippen LogP contribution in [0.4, 0.5) is 0 Å². The molecule has 0 unspecified atom stereocenters. The van der Waals surface area contributed by atoms with Crippen molar-refractivity contribution in [1.29, 1.82) is 0 Å². The van der Waals surface area contributed by atoms with Crippen LogP contribution in [0.5, 0.6) is 0 Å². The average molecular weight is 235 g/mol. The number of unbranched alkanes of at least 4 members (excludes halogenated alkanes) is 1. The van der Waals surface area contributed by atoms with Crippen LogP contribution in [0.15, 0.2) is 17.1 Å². The van der Waals surface area contributed by atoms with Crippen LogP contribution in [0.2, 0.25) is 0 Å². The zero-order chi connectivity index (χ0) is 12.5. The number of hydrogen-bond donors (Lipinski definition) is 0. The predicted molar refractivity (Wildman–Crippen MR) is 77.7 cm³/mol. The summed E-state index contributed by atoms with van der Waals surface area (Å²) in [6.45, 7) is 7.71. The summed E-state index contributed by atoms with van der Waals surface area (Å²) >= 11 is 0. The summed E-state index contributed by atoms with van der Waals surface area (Å²) in [5, 5.41) is 0. The van der Waals surface area contributed by atoms with Gasteiger partial charge in [0.05, 0.1) is 0 Å². The molecule has 0 fully saturated rings. The molecule has 1 aliphatic rings. The Morgan fingerprint density at radius 2 is 2.12 bits per heavy atom. The maximum absolute atomic E-state index is 4.27. The first-order valence-corrected chi connectivity index (χ1v) is 7.35. The first-order valence-electron chi connectivity index (χ1n) is 7.35. The third kappa shape index (κ3) is 6.05. The summed E-state index contributed by atoms with van der Waals surface area (Å²) < 4.78 is 0. The Hall–Kier alpha value is -0.590. The highest BCUT2D eigenvalue weighted by Crippen LogP contribution is 2.29. The van der Waals surface area contributed by atoms with E-state index in [1.165, 1.54) is 38.5 Å². The minimum atomic E-state index is 0.809. The molecule has 0 amide bonds. The van der Waals surface area contributed by atoms with Crippen molar-refractivity contribution in [2.24, 2.45) is 22.7 Å². The molecule has 0 saturated carbocycles. The zero-order valence-electron chi connectivity index (χ0n) is 11.9. The lowest BCUT2D eigenvalue weighted by Gasteiger charge is -2.17. The van der Waals surface area contributed by atoms with Crippen molar-refractivity contribution in [3.63, 3.8) is 0 Å². The van der Waals surface area contributed by atoms with E-state index >= 15 is 0 Å². The van der Waals surface area contributed by atoms with Gasteiger partial charge in [0.25, 0.3) is 0 Å². The first-order chi connectivity index (χ1) is 8.24. The maximum Gasteiger partial charge on any atom is 0.0385 e. The molecule has 0 saturated heterocycles. The highest BCUT2D eigenvalue weighted by Gasteiger charge is 2.16. The molecule has 0 N–H and O–H groups in total. The molecule has 0 aromatic rings. The fourth-order valence-corrected chi connectivity index (χ4v) is 2.67. The minimum absolute atomic E-state index is 0.809. The second kappa shape index (κ2) is 8.49. The Bertz CT molecular complexity index is 240. The Labute approximate surface area is 107 Å². The molecule has 2 atom stereocenters. The van der Waals surface area contributed by atoms with Crippen molar-refractivity contribution in [2.45, 2.75) is 59.3 Å². The number of hydrogen-bond acceptors (Lipinski definition) is 1. The van der Waals surface area contributed by atoms with E-state index in [0.29, 0.717) is 0 Å². The van der Waals surface area contributed by atoms with Gasteiger partial charge >= 0.3 is 0 Å². The summed E-state index contributed by atoms with van der Waals surface area (Å²) in [6.07, 6.45) is 15.0. The molecular formula is C16H29N. The highest BCUT2D eigenvalue weighted by atomic mass is 14.7. The summed E-state index contributed by atoms with van der Waals surface area (Å²) in [6, 6.07) is 0.